The zero-order valence-electron chi connectivity index (χ0n) is 30.9. The molecule has 3 aliphatic rings. The van der Waals surface area contributed by atoms with Gasteiger partial charge >= 0.3 is 0 Å². The van der Waals surface area contributed by atoms with E-state index in [4.69, 9.17) is 4.98 Å². The lowest BCUT2D eigenvalue weighted by atomic mass is 10.0. The lowest BCUT2D eigenvalue weighted by molar-refractivity contribution is -0.136. The number of hydrogen-bond donors (Lipinski definition) is 5. The van der Waals surface area contributed by atoms with Gasteiger partial charge in [-0.3, -0.25) is 43.9 Å². The van der Waals surface area contributed by atoms with Gasteiger partial charge in [-0.05, 0) is 106 Å². The van der Waals surface area contributed by atoms with Gasteiger partial charge in [0.15, 0.2) is 0 Å². The van der Waals surface area contributed by atoms with Crippen LogP contribution in [0.3, 0.4) is 0 Å². The zero-order chi connectivity index (χ0) is 38.5. The lowest BCUT2D eigenvalue weighted by Gasteiger charge is -2.27. The standard InChI is InChI=1S/C41H46N8O6/c1-25-8-7-21-48(25)24-35-45-32-16-14-29(23-33(32)46-35)44-38(52)27-11-9-26(10-12-27)37(51)43-20-6-4-2-3-5-19-42-28-13-15-30-31(22-28)41(55)49(40(30)54)34-17-18-36(50)47-39(34)53/h9-16,22-23,25,34,42H,2-8,17-21,24H2,1H3,(H,43,51)(H,44,52)(H,45,46)(H,47,50,53)/t25-,34?/m0/s1. The number of likely N-dealkylation sites (tertiary alicyclic amines) is 1. The van der Waals surface area contributed by atoms with E-state index in [0.29, 0.717) is 41.6 Å². The van der Waals surface area contributed by atoms with Crippen molar-refractivity contribution >= 4 is 57.9 Å². The molecule has 1 unspecified atom stereocenters. The number of hydrogen-bond acceptors (Lipinski definition) is 9. The number of imidazole rings is 1. The average Bonchev–Trinajstić information content (AvgIpc) is 3.85. The predicted octanol–water partition coefficient (Wildman–Crippen LogP) is 4.99. The van der Waals surface area contributed by atoms with Crippen molar-refractivity contribution in [1.82, 2.24) is 30.4 Å². The smallest absolute Gasteiger partial charge is 0.262 e. The van der Waals surface area contributed by atoms with E-state index in [9.17, 15) is 28.8 Å². The quantitative estimate of drug-likeness (QED) is 0.0826. The van der Waals surface area contributed by atoms with Gasteiger partial charge in [0.05, 0.1) is 28.7 Å². The summed E-state index contributed by atoms with van der Waals surface area (Å²) in [6, 6.07) is 16.8. The van der Waals surface area contributed by atoms with Crippen LogP contribution in [0.15, 0.2) is 60.7 Å². The fourth-order valence-corrected chi connectivity index (χ4v) is 7.51. The topological polar surface area (TPSA) is 186 Å². The van der Waals surface area contributed by atoms with Gasteiger partial charge < -0.3 is 20.9 Å². The third-order valence-corrected chi connectivity index (χ3v) is 10.6. The molecule has 14 nitrogen and oxygen atoms in total. The van der Waals surface area contributed by atoms with Crippen LogP contribution >= 0.6 is 0 Å². The van der Waals surface area contributed by atoms with E-state index in [1.54, 1.807) is 42.5 Å². The van der Waals surface area contributed by atoms with E-state index in [-0.39, 0.29) is 35.8 Å². The Kier molecular flexibility index (Phi) is 11.3. The molecular formula is C41H46N8O6. The molecule has 6 amide bonds. The number of aromatic amines is 1. The Morgan fingerprint density at radius 3 is 2.25 bits per heavy atom. The van der Waals surface area contributed by atoms with Crippen molar-refractivity contribution in [3.63, 3.8) is 0 Å². The molecule has 286 valence electrons. The number of carbonyl (C=O) groups excluding carboxylic acids is 6. The molecule has 0 bridgehead atoms. The minimum absolute atomic E-state index is 0.0783. The maximum Gasteiger partial charge on any atom is 0.262 e. The van der Waals surface area contributed by atoms with Crippen LogP contribution in [0.1, 0.15) is 112 Å². The Hall–Kier alpha value is -5.89. The summed E-state index contributed by atoms with van der Waals surface area (Å²) in [4.78, 5) is 86.9. The molecule has 0 spiro atoms. The average molecular weight is 747 g/mol. The fourth-order valence-electron chi connectivity index (χ4n) is 7.51. The molecule has 2 fully saturated rings. The first-order chi connectivity index (χ1) is 26.6. The Labute approximate surface area is 318 Å². The SMILES string of the molecule is C[C@H]1CCCN1Cc1nc2ccc(NC(=O)c3ccc(C(=O)NCCCCCCCNc4ccc5c(c4)C(=O)N(C4CCC(=O)NC4=O)C5=O)cc3)cc2[nH]1. The summed E-state index contributed by atoms with van der Waals surface area (Å²) >= 11 is 0. The van der Waals surface area contributed by atoms with E-state index in [2.05, 4.69) is 38.1 Å². The maximum atomic E-state index is 13.0. The van der Waals surface area contributed by atoms with Crippen molar-refractivity contribution in [1.29, 1.82) is 0 Å². The van der Waals surface area contributed by atoms with Crippen LogP contribution in [0.25, 0.3) is 11.0 Å². The van der Waals surface area contributed by atoms with Gasteiger partial charge in [-0.2, -0.15) is 0 Å². The van der Waals surface area contributed by atoms with Crippen LogP contribution < -0.4 is 21.3 Å². The molecule has 0 radical (unpaired) electrons. The second-order valence-electron chi connectivity index (χ2n) is 14.6. The second-order valence-corrected chi connectivity index (χ2v) is 14.6. The molecule has 4 heterocycles. The summed E-state index contributed by atoms with van der Waals surface area (Å²) in [6.45, 7) is 5.34. The first kappa shape index (κ1) is 37.4. The van der Waals surface area contributed by atoms with Crippen molar-refractivity contribution in [2.75, 3.05) is 30.3 Å². The zero-order valence-corrected chi connectivity index (χ0v) is 30.9. The predicted molar refractivity (Wildman–Crippen MR) is 207 cm³/mol. The van der Waals surface area contributed by atoms with Gasteiger partial charge in [-0.1, -0.05) is 19.3 Å². The molecule has 3 aromatic carbocycles. The number of nitrogens with zero attached hydrogens (tertiary/aromatic N) is 3. The molecule has 2 atom stereocenters. The highest BCUT2D eigenvalue weighted by Gasteiger charge is 2.44. The molecule has 2 saturated heterocycles. The molecule has 14 heteroatoms. The number of piperidine rings is 1. The number of imide groups is 2. The van der Waals surface area contributed by atoms with Gasteiger partial charge in [0.2, 0.25) is 11.8 Å². The summed E-state index contributed by atoms with van der Waals surface area (Å²) in [5.41, 5.74) is 4.56. The highest BCUT2D eigenvalue weighted by atomic mass is 16.2. The largest absolute Gasteiger partial charge is 0.385 e. The van der Waals surface area contributed by atoms with Gasteiger partial charge in [-0.15, -0.1) is 0 Å². The van der Waals surface area contributed by atoms with Crippen molar-refractivity contribution in [3.8, 4) is 0 Å². The number of rotatable bonds is 15. The Bertz CT molecular complexity index is 2130. The summed E-state index contributed by atoms with van der Waals surface area (Å²) in [6.07, 6.45) is 7.28. The Morgan fingerprint density at radius 1 is 0.800 bits per heavy atom. The van der Waals surface area contributed by atoms with Crippen LogP contribution in [-0.2, 0) is 16.1 Å². The van der Waals surface area contributed by atoms with Crippen molar-refractivity contribution in [3.05, 3.63) is 88.7 Å². The molecular weight excluding hydrogens is 701 g/mol. The van der Waals surface area contributed by atoms with E-state index < -0.39 is 29.7 Å². The van der Waals surface area contributed by atoms with Gasteiger partial charge in [0.1, 0.15) is 11.9 Å². The number of carbonyl (C=O) groups is 6. The number of amides is 6. The van der Waals surface area contributed by atoms with E-state index in [1.165, 1.54) is 12.8 Å². The van der Waals surface area contributed by atoms with E-state index in [0.717, 1.165) is 67.0 Å². The van der Waals surface area contributed by atoms with Crippen LogP contribution in [0.2, 0.25) is 0 Å². The number of benzene rings is 3. The summed E-state index contributed by atoms with van der Waals surface area (Å²) < 4.78 is 0. The van der Waals surface area contributed by atoms with Crippen LogP contribution in [0.5, 0.6) is 0 Å². The molecule has 1 aromatic heterocycles. The number of unbranched alkanes of at least 4 members (excludes halogenated alkanes) is 4. The van der Waals surface area contributed by atoms with Crippen LogP contribution in [0, 0.1) is 0 Å². The minimum Gasteiger partial charge on any atom is -0.385 e. The molecule has 55 heavy (non-hydrogen) atoms. The number of anilines is 2. The monoisotopic (exact) mass is 746 g/mol. The van der Waals surface area contributed by atoms with E-state index >= 15 is 0 Å². The normalized spacial score (nSPS) is 18.5. The molecule has 0 saturated carbocycles. The highest BCUT2D eigenvalue weighted by Crippen LogP contribution is 2.30. The molecule has 5 N–H and O–H groups in total. The summed E-state index contributed by atoms with van der Waals surface area (Å²) in [5.74, 6) is -1.61. The second kappa shape index (κ2) is 16.6. The van der Waals surface area contributed by atoms with Crippen molar-refractivity contribution in [2.24, 2.45) is 0 Å². The lowest BCUT2D eigenvalue weighted by Crippen LogP contribution is -2.54. The first-order valence-corrected chi connectivity index (χ1v) is 19.2. The maximum absolute atomic E-state index is 13.0. The summed E-state index contributed by atoms with van der Waals surface area (Å²) in [5, 5.41) is 11.4. The Morgan fingerprint density at radius 2 is 1.51 bits per heavy atom. The van der Waals surface area contributed by atoms with Crippen LogP contribution in [0.4, 0.5) is 11.4 Å². The highest BCUT2D eigenvalue weighted by molar-refractivity contribution is 6.23. The summed E-state index contributed by atoms with van der Waals surface area (Å²) in [7, 11) is 0. The molecule has 0 aliphatic carbocycles. The fraction of sp³-hybridized carbons (Fsp3) is 0.390. The van der Waals surface area contributed by atoms with Gasteiger partial charge in [-0.25, -0.2) is 4.98 Å². The van der Waals surface area contributed by atoms with Gasteiger partial charge in [0, 0.05) is 48.1 Å². The molecule has 4 aromatic rings. The Balaban J connectivity index is 0.777. The molecule has 7 rings (SSSR count). The minimum atomic E-state index is -0.986. The van der Waals surface area contributed by atoms with Gasteiger partial charge in [0.25, 0.3) is 23.6 Å². The van der Waals surface area contributed by atoms with Crippen LogP contribution in [-0.4, -0.2) is 86.9 Å². The van der Waals surface area contributed by atoms with Crippen molar-refractivity contribution < 1.29 is 28.8 Å². The third kappa shape index (κ3) is 8.59. The number of H-pyrrole nitrogens is 1. The molecule has 3 aliphatic heterocycles. The van der Waals surface area contributed by atoms with E-state index in [1.807, 2.05) is 18.2 Å². The number of aromatic nitrogens is 2. The number of fused-ring (bicyclic) bond motifs is 2. The number of nitrogens with one attached hydrogen (secondary N) is 5. The van der Waals surface area contributed by atoms with Crippen molar-refractivity contribution in [2.45, 2.75) is 83.3 Å². The third-order valence-electron chi connectivity index (χ3n) is 10.6. The first-order valence-electron chi connectivity index (χ1n) is 19.2.